The number of H-pyrrole nitrogens is 1. The maximum Gasteiger partial charge on any atom is 0.272 e. The molecule has 31 heavy (non-hydrogen) atoms. The first-order valence-electron chi connectivity index (χ1n) is 9.74. The maximum atomic E-state index is 13.0. The second-order valence-corrected chi connectivity index (χ2v) is 10.1. The summed E-state index contributed by atoms with van der Waals surface area (Å²) in [5, 5.41) is 12.0. The first kappa shape index (κ1) is 20.8. The monoisotopic (exact) mass is 437 g/mol. The highest BCUT2D eigenvalue weighted by Gasteiger charge is 2.21. The molecule has 0 spiro atoms. The topological polar surface area (TPSA) is 110 Å². The van der Waals surface area contributed by atoms with Gasteiger partial charge in [-0.05, 0) is 36.1 Å². The Morgan fingerprint density at radius 1 is 1.00 bits per heavy atom. The van der Waals surface area contributed by atoms with Crippen LogP contribution >= 0.6 is 0 Å². The van der Waals surface area contributed by atoms with Crippen LogP contribution < -0.4 is 10.3 Å². The largest absolute Gasteiger partial charge is 0.272 e. The summed E-state index contributed by atoms with van der Waals surface area (Å²) in [7, 11) is -3.86. The van der Waals surface area contributed by atoms with E-state index in [1.54, 1.807) is 49.4 Å². The number of nitrogens with one attached hydrogen (secondary N) is 2. The van der Waals surface area contributed by atoms with Crippen LogP contribution in [-0.2, 0) is 15.4 Å². The number of aromatic amines is 1. The normalized spacial score (nSPS) is 12.3. The van der Waals surface area contributed by atoms with Gasteiger partial charge in [0.1, 0.15) is 5.82 Å². The van der Waals surface area contributed by atoms with Crippen molar-refractivity contribution in [3.8, 4) is 5.82 Å². The Hall–Kier alpha value is -3.46. The van der Waals surface area contributed by atoms with E-state index in [2.05, 4.69) is 40.8 Å². The molecule has 0 aliphatic carbocycles. The summed E-state index contributed by atoms with van der Waals surface area (Å²) in [6.07, 6.45) is 0. The lowest BCUT2D eigenvalue weighted by molar-refractivity contribution is 0.587. The van der Waals surface area contributed by atoms with E-state index in [9.17, 15) is 13.2 Å². The lowest BCUT2D eigenvalue weighted by atomic mass is 9.87. The highest BCUT2D eigenvalue weighted by molar-refractivity contribution is 7.92. The van der Waals surface area contributed by atoms with E-state index >= 15 is 0 Å². The quantitative estimate of drug-likeness (QED) is 0.508. The third kappa shape index (κ3) is 3.96. The molecule has 0 unspecified atom stereocenters. The van der Waals surface area contributed by atoms with E-state index < -0.39 is 10.0 Å². The average Bonchev–Trinajstić information content (AvgIpc) is 3.07. The number of benzene rings is 2. The van der Waals surface area contributed by atoms with Gasteiger partial charge in [0.15, 0.2) is 5.82 Å². The molecule has 0 aliphatic rings. The van der Waals surface area contributed by atoms with Crippen LogP contribution in [0.15, 0.2) is 64.3 Å². The van der Waals surface area contributed by atoms with Gasteiger partial charge in [-0.15, -0.1) is 0 Å². The molecule has 0 fully saturated rings. The molecule has 2 N–H and O–H groups in total. The van der Waals surface area contributed by atoms with Crippen LogP contribution in [0.5, 0.6) is 0 Å². The smallest absolute Gasteiger partial charge is 0.267 e. The highest BCUT2D eigenvalue weighted by atomic mass is 32.2. The zero-order valence-corrected chi connectivity index (χ0v) is 18.5. The van der Waals surface area contributed by atoms with E-state index in [0.29, 0.717) is 22.3 Å². The molecule has 4 aromatic rings. The molecule has 0 atom stereocenters. The lowest BCUT2D eigenvalue weighted by Gasteiger charge is -2.19. The van der Waals surface area contributed by atoms with Gasteiger partial charge in [0, 0.05) is 11.5 Å². The molecular formula is C22H23N5O3S. The van der Waals surface area contributed by atoms with E-state index in [4.69, 9.17) is 0 Å². The number of nitrogens with zero attached hydrogens (tertiary/aromatic N) is 3. The third-order valence-corrected chi connectivity index (χ3v) is 6.35. The summed E-state index contributed by atoms with van der Waals surface area (Å²) in [6, 6.07) is 15.4. The number of anilines is 1. The predicted octanol–water partition coefficient (Wildman–Crippen LogP) is 3.52. The van der Waals surface area contributed by atoms with Gasteiger partial charge >= 0.3 is 0 Å². The minimum atomic E-state index is -3.86. The standard InChI is InChI=1S/C22H23N5O3S/c1-14-13-19(26-31(29,30)16-11-9-15(10-12-16)22(2,3)4)27(25-14)20-17-7-5-6-8-18(17)21(28)24-23-20/h5-13,26H,1-4H3,(H,24,28). The maximum absolute atomic E-state index is 13.0. The van der Waals surface area contributed by atoms with Crippen LogP contribution in [0.1, 0.15) is 32.0 Å². The van der Waals surface area contributed by atoms with Crippen molar-refractivity contribution in [1.82, 2.24) is 20.0 Å². The number of sulfonamides is 1. The number of aromatic nitrogens is 4. The summed E-state index contributed by atoms with van der Waals surface area (Å²) in [5.74, 6) is 0.547. The van der Waals surface area contributed by atoms with Gasteiger partial charge in [-0.1, -0.05) is 51.1 Å². The molecule has 4 rings (SSSR count). The van der Waals surface area contributed by atoms with Crippen LogP contribution in [0.25, 0.3) is 16.6 Å². The molecule has 0 bridgehead atoms. The van der Waals surface area contributed by atoms with Crippen LogP contribution in [0.3, 0.4) is 0 Å². The molecular weight excluding hydrogens is 414 g/mol. The SMILES string of the molecule is Cc1cc(NS(=O)(=O)c2ccc(C(C)(C)C)cc2)n(-c2n[nH]c(=O)c3ccccc23)n1. The van der Waals surface area contributed by atoms with Crippen molar-refractivity contribution in [2.75, 3.05) is 4.72 Å². The van der Waals surface area contributed by atoms with Gasteiger partial charge in [-0.3, -0.25) is 9.52 Å². The number of rotatable bonds is 4. The van der Waals surface area contributed by atoms with Crippen LogP contribution in [0, 0.1) is 6.92 Å². The second kappa shape index (κ2) is 7.35. The van der Waals surface area contributed by atoms with E-state index in [0.717, 1.165) is 5.56 Å². The molecule has 0 saturated heterocycles. The van der Waals surface area contributed by atoms with Crippen LogP contribution in [0.2, 0.25) is 0 Å². The van der Waals surface area contributed by atoms with Crippen molar-refractivity contribution in [2.24, 2.45) is 0 Å². The van der Waals surface area contributed by atoms with Gasteiger partial charge in [-0.2, -0.15) is 14.9 Å². The molecule has 0 radical (unpaired) electrons. The molecule has 0 aliphatic heterocycles. The van der Waals surface area contributed by atoms with Crippen molar-refractivity contribution in [1.29, 1.82) is 0 Å². The van der Waals surface area contributed by atoms with Gasteiger partial charge in [-0.25, -0.2) is 13.5 Å². The van der Waals surface area contributed by atoms with Crippen LogP contribution in [0.4, 0.5) is 5.82 Å². The fourth-order valence-electron chi connectivity index (χ4n) is 3.33. The zero-order chi connectivity index (χ0) is 22.4. The lowest BCUT2D eigenvalue weighted by Crippen LogP contribution is -2.18. The van der Waals surface area contributed by atoms with E-state index in [-0.39, 0.29) is 21.7 Å². The Labute approximate surface area is 180 Å². The summed E-state index contributed by atoms with van der Waals surface area (Å²) >= 11 is 0. The minimum absolute atomic E-state index is 0.0809. The van der Waals surface area contributed by atoms with Crippen molar-refractivity contribution in [3.63, 3.8) is 0 Å². The van der Waals surface area contributed by atoms with Gasteiger partial charge < -0.3 is 0 Å². The first-order chi connectivity index (χ1) is 14.6. The number of hydrogen-bond acceptors (Lipinski definition) is 5. The summed E-state index contributed by atoms with van der Waals surface area (Å²) in [5.41, 5.74) is 1.22. The Morgan fingerprint density at radius 3 is 2.29 bits per heavy atom. The van der Waals surface area contributed by atoms with E-state index in [1.807, 2.05) is 12.1 Å². The van der Waals surface area contributed by atoms with Crippen molar-refractivity contribution < 1.29 is 8.42 Å². The molecule has 9 heteroatoms. The summed E-state index contributed by atoms with van der Waals surface area (Å²) in [6.45, 7) is 7.95. The molecule has 8 nitrogen and oxygen atoms in total. The Balaban J connectivity index is 1.77. The number of hydrogen-bond donors (Lipinski definition) is 2. The average molecular weight is 438 g/mol. The molecule has 0 amide bonds. The van der Waals surface area contributed by atoms with Crippen molar-refractivity contribution in [2.45, 2.75) is 38.0 Å². The molecule has 2 aromatic carbocycles. The summed E-state index contributed by atoms with van der Waals surface area (Å²) in [4.78, 5) is 12.2. The third-order valence-electron chi connectivity index (χ3n) is 4.98. The number of fused-ring (bicyclic) bond motifs is 1. The Bertz CT molecular complexity index is 1430. The zero-order valence-electron chi connectivity index (χ0n) is 17.7. The first-order valence-corrected chi connectivity index (χ1v) is 11.2. The fourth-order valence-corrected chi connectivity index (χ4v) is 4.36. The Kier molecular flexibility index (Phi) is 4.93. The molecule has 2 aromatic heterocycles. The van der Waals surface area contributed by atoms with Gasteiger partial charge in [0.2, 0.25) is 0 Å². The van der Waals surface area contributed by atoms with Crippen LogP contribution in [-0.4, -0.2) is 28.4 Å². The predicted molar refractivity (Wildman–Crippen MR) is 120 cm³/mol. The Morgan fingerprint density at radius 2 is 1.65 bits per heavy atom. The van der Waals surface area contributed by atoms with Gasteiger partial charge in [0.05, 0.1) is 16.0 Å². The van der Waals surface area contributed by atoms with Crippen molar-refractivity contribution >= 4 is 26.6 Å². The van der Waals surface area contributed by atoms with E-state index in [1.165, 1.54) is 4.68 Å². The molecule has 0 saturated carbocycles. The minimum Gasteiger partial charge on any atom is -0.267 e. The molecule has 2 heterocycles. The fraction of sp³-hybridized carbons (Fsp3) is 0.227. The second-order valence-electron chi connectivity index (χ2n) is 8.38. The highest BCUT2D eigenvalue weighted by Crippen LogP contribution is 2.26. The number of aryl methyl sites for hydroxylation is 1. The molecule has 160 valence electrons. The summed E-state index contributed by atoms with van der Waals surface area (Å²) < 4.78 is 30.1. The van der Waals surface area contributed by atoms with Crippen molar-refractivity contribution in [3.05, 3.63) is 76.2 Å². The van der Waals surface area contributed by atoms with Gasteiger partial charge in [0.25, 0.3) is 15.6 Å².